The Bertz CT molecular complexity index is 543. The highest BCUT2D eigenvalue weighted by molar-refractivity contribution is 7.92. The molecule has 1 aromatic rings. The molecule has 0 aliphatic rings. The third-order valence-electron chi connectivity index (χ3n) is 2.37. The number of nitrogens with one attached hydrogen (secondary N) is 2. The Morgan fingerprint density at radius 3 is 2.58 bits per heavy atom. The second-order valence-corrected chi connectivity index (χ2v) is 6.09. The summed E-state index contributed by atoms with van der Waals surface area (Å²) in [6.45, 7) is 1.95. The summed E-state index contributed by atoms with van der Waals surface area (Å²) < 4.78 is 24.6. The summed E-state index contributed by atoms with van der Waals surface area (Å²) in [5.74, 6) is -0.279. The van der Waals surface area contributed by atoms with Crippen molar-refractivity contribution in [2.24, 2.45) is 5.73 Å². The van der Waals surface area contributed by atoms with Crippen LogP contribution in [0.1, 0.15) is 19.8 Å². The van der Waals surface area contributed by atoms with Crippen LogP contribution in [0.3, 0.4) is 0 Å². The summed E-state index contributed by atoms with van der Waals surface area (Å²) in [6.07, 6.45) is 2.49. The van der Waals surface area contributed by atoms with Gasteiger partial charge in [0.2, 0.25) is 15.9 Å². The lowest BCUT2D eigenvalue weighted by molar-refractivity contribution is -0.117. The monoisotopic (exact) mass is 285 g/mol. The Balaban J connectivity index is 2.75. The first-order valence-corrected chi connectivity index (χ1v) is 7.85. The number of amides is 1. The van der Waals surface area contributed by atoms with Crippen LogP contribution in [0.4, 0.5) is 11.4 Å². The van der Waals surface area contributed by atoms with E-state index in [1.54, 1.807) is 18.2 Å². The first kappa shape index (κ1) is 15.5. The van der Waals surface area contributed by atoms with Crippen LogP contribution >= 0.6 is 0 Å². The van der Waals surface area contributed by atoms with Crippen molar-refractivity contribution in [2.75, 3.05) is 16.3 Å². The van der Waals surface area contributed by atoms with Gasteiger partial charge in [-0.15, -0.1) is 0 Å². The van der Waals surface area contributed by atoms with Crippen LogP contribution in [-0.2, 0) is 14.8 Å². The maximum atomic E-state index is 11.7. The number of benzene rings is 1. The van der Waals surface area contributed by atoms with Crippen LogP contribution in [0.5, 0.6) is 0 Å². The summed E-state index contributed by atoms with van der Waals surface area (Å²) in [6, 6.07) is 5.90. The van der Waals surface area contributed by atoms with Crippen molar-refractivity contribution < 1.29 is 13.2 Å². The van der Waals surface area contributed by atoms with E-state index < -0.39 is 16.1 Å². The van der Waals surface area contributed by atoms with E-state index in [9.17, 15) is 13.2 Å². The van der Waals surface area contributed by atoms with Gasteiger partial charge in [0.25, 0.3) is 0 Å². The molecule has 0 fully saturated rings. The molecule has 0 saturated heterocycles. The van der Waals surface area contributed by atoms with E-state index in [1.165, 1.54) is 6.07 Å². The fourth-order valence-corrected chi connectivity index (χ4v) is 2.11. The van der Waals surface area contributed by atoms with Gasteiger partial charge in [-0.25, -0.2) is 8.42 Å². The molecule has 7 heteroatoms. The van der Waals surface area contributed by atoms with Crippen molar-refractivity contribution in [2.45, 2.75) is 25.8 Å². The molecule has 0 radical (unpaired) electrons. The fraction of sp³-hybridized carbons (Fsp3) is 0.417. The molecule has 1 aromatic carbocycles. The minimum Gasteiger partial charge on any atom is -0.325 e. The minimum absolute atomic E-state index is 0.279. The molecule has 1 amide bonds. The molecular formula is C12H19N3O3S. The van der Waals surface area contributed by atoms with Crippen molar-refractivity contribution in [3.63, 3.8) is 0 Å². The van der Waals surface area contributed by atoms with Crippen molar-refractivity contribution in [3.8, 4) is 0 Å². The number of hydrogen-bond acceptors (Lipinski definition) is 4. The molecule has 106 valence electrons. The Morgan fingerprint density at radius 2 is 2.00 bits per heavy atom. The number of anilines is 2. The molecule has 0 heterocycles. The summed E-state index contributed by atoms with van der Waals surface area (Å²) in [7, 11) is -3.33. The second-order valence-electron chi connectivity index (χ2n) is 4.34. The molecule has 0 aliphatic carbocycles. The third kappa shape index (κ3) is 5.71. The number of carbonyl (C=O) groups is 1. The number of sulfonamides is 1. The standard InChI is InChI=1S/C12H19N3O3S/c1-3-5-11(13)12(16)14-9-6-4-7-10(8-9)15-19(2,17)18/h4,6-8,11,15H,3,5,13H2,1-2H3,(H,14,16)/t11-/m0/s1. The Hall–Kier alpha value is -1.60. The lowest BCUT2D eigenvalue weighted by atomic mass is 10.1. The van der Waals surface area contributed by atoms with Crippen LogP contribution in [0.15, 0.2) is 24.3 Å². The maximum absolute atomic E-state index is 11.7. The number of nitrogens with two attached hydrogens (primary N) is 1. The lowest BCUT2D eigenvalue weighted by Gasteiger charge is -2.12. The van der Waals surface area contributed by atoms with Crippen molar-refractivity contribution in [1.82, 2.24) is 0 Å². The van der Waals surface area contributed by atoms with Crippen molar-refractivity contribution in [1.29, 1.82) is 0 Å². The highest BCUT2D eigenvalue weighted by Gasteiger charge is 2.12. The van der Waals surface area contributed by atoms with E-state index in [0.717, 1.165) is 12.7 Å². The SMILES string of the molecule is CCC[C@H](N)C(=O)Nc1cccc(NS(C)(=O)=O)c1. The summed E-state index contributed by atoms with van der Waals surface area (Å²) in [5, 5.41) is 2.65. The van der Waals surface area contributed by atoms with Gasteiger partial charge in [-0.05, 0) is 24.6 Å². The number of hydrogen-bond donors (Lipinski definition) is 3. The van der Waals surface area contributed by atoms with Gasteiger partial charge in [-0.3, -0.25) is 9.52 Å². The molecule has 1 rings (SSSR count). The summed E-state index contributed by atoms with van der Waals surface area (Å²) in [5.41, 5.74) is 6.59. The molecule has 19 heavy (non-hydrogen) atoms. The topological polar surface area (TPSA) is 101 Å². The van der Waals surface area contributed by atoms with Gasteiger partial charge in [0.05, 0.1) is 18.0 Å². The van der Waals surface area contributed by atoms with Crippen molar-refractivity contribution >= 4 is 27.3 Å². The second kappa shape index (κ2) is 6.53. The van der Waals surface area contributed by atoms with E-state index in [4.69, 9.17) is 5.73 Å². The molecule has 0 aromatic heterocycles. The average molecular weight is 285 g/mol. The predicted octanol–water partition coefficient (Wildman–Crippen LogP) is 1.12. The third-order valence-corrected chi connectivity index (χ3v) is 2.98. The number of carbonyl (C=O) groups excluding carboxylic acids is 1. The van der Waals surface area contributed by atoms with Gasteiger partial charge >= 0.3 is 0 Å². The van der Waals surface area contributed by atoms with Gasteiger partial charge in [0, 0.05) is 5.69 Å². The first-order chi connectivity index (χ1) is 8.81. The van der Waals surface area contributed by atoms with E-state index in [0.29, 0.717) is 17.8 Å². The fourth-order valence-electron chi connectivity index (χ4n) is 1.55. The molecule has 0 bridgehead atoms. The lowest BCUT2D eigenvalue weighted by Crippen LogP contribution is -2.35. The van der Waals surface area contributed by atoms with Crippen molar-refractivity contribution in [3.05, 3.63) is 24.3 Å². The largest absolute Gasteiger partial charge is 0.325 e. The van der Waals surface area contributed by atoms with Gasteiger partial charge in [-0.1, -0.05) is 19.4 Å². The maximum Gasteiger partial charge on any atom is 0.241 e. The van der Waals surface area contributed by atoms with Gasteiger partial charge in [-0.2, -0.15) is 0 Å². The molecular weight excluding hydrogens is 266 g/mol. The van der Waals surface area contributed by atoms with Gasteiger partial charge < -0.3 is 11.1 Å². The van der Waals surface area contributed by atoms with E-state index in [2.05, 4.69) is 10.0 Å². The number of rotatable bonds is 6. The van der Waals surface area contributed by atoms with E-state index >= 15 is 0 Å². The molecule has 1 atom stereocenters. The molecule has 0 spiro atoms. The minimum atomic E-state index is -3.33. The van der Waals surface area contributed by atoms with E-state index in [1.807, 2.05) is 6.92 Å². The smallest absolute Gasteiger partial charge is 0.241 e. The summed E-state index contributed by atoms with van der Waals surface area (Å²) >= 11 is 0. The molecule has 0 saturated carbocycles. The normalized spacial score (nSPS) is 12.8. The average Bonchev–Trinajstić information content (AvgIpc) is 2.27. The zero-order valence-electron chi connectivity index (χ0n) is 11.0. The quantitative estimate of drug-likeness (QED) is 0.729. The molecule has 4 N–H and O–H groups in total. The molecule has 0 aliphatic heterocycles. The zero-order chi connectivity index (χ0) is 14.5. The van der Waals surface area contributed by atoms with Crippen LogP contribution < -0.4 is 15.8 Å². The molecule has 0 unspecified atom stereocenters. The highest BCUT2D eigenvalue weighted by Crippen LogP contribution is 2.16. The van der Waals surface area contributed by atoms with Gasteiger partial charge in [0.15, 0.2) is 0 Å². The van der Waals surface area contributed by atoms with Crippen LogP contribution in [0.25, 0.3) is 0 Å². The van der Waals surface area contributed by atoms with E-state index in [-0.39, 0.29) is 5.91 Å². The van der Waals surface area contributed by atoms with Crippen LogP contribution in [-0.4, -0.2) is 26.6 Å². The zero-order valence-corrected chi connectivity index (χ0v) is 11.8. The highest BCUT2D eigenvalue weighted by atomic mass is 32.2. The first-order valence-electron chi connectivity index (χ1n) is 5.96. The summed E-state index contributed by atoms with van der Waals surface area (Å²) in [4.78, 5) is 11.7. The van der Waals surface area contributed by atoms with Crippen LogP contribution in [0.2, 0.25) is 0 Å². The predicted molar refractivity (Wildman–Crippen MR) is 76.4 cm³/mol. The van der Waals surface area contributed by atoms with Gasteiger partial charge in [0.1, 0.15) is 0 Å². The Morgan fingerprint density at radius 1 is 1.37 bits per heavy atom. The Kier molecular flexibility index (Phi) is 5.31. The Labute approximate surface area is 113 Å². The van der Waals surface area contributed by atoms with Crippen LogP contribution in [0, 0.1) is 0 Å². The molecule has 6 nitrogen and oxygen atoms in total.